The van der Waals surface area contributed by atoms with E-state index in [9.17, 15) is 9.59 Å². The highest BCUT2D eigenvalue weighted by Crippen LogP contribution is 2.40. The molecule has 192 valence electrons. The average molecular weight is 498 g/mol. The summed E-state index contributed by atoms with van der Waals surface area (Å²) in [6.07, 6.45) is 3.21. The van der Waals surface area contributed by atoms with Gasteiger partial charge in [-0.1, -0.05) is 0 Å². The molecule has 2 saturated heterocycles. The summed E-state index contributed by atoms with van der Waals surface area (Å²) in [6, 6.07) is 4.72. The van der Waals surface area contributed by atoms with Gasteiger partial charge < -0.3 is 23.8 Å². The number of piperidine rings is 1. The van der Waals surface area contributed by atoms with Gasteiger partial charge in [0, 0.05) is 13.1 Å². The number of ether oxygens (including phenoxy) is 4. The van der Waals surface area contributed by atoms with E-state index < -0.39 is 11.8 Å². The number of nitrogens with one attached hydrogen (secondary N) is 1. The smallest absolute Gasteiger partial charge is 0.356 e. The molecule has 5 heterocycles. The Morgan fingerprint density at radius 1 is 1.31 bits per heavy atom. The van der Waals surface area contributed by atoms with Crippen LogP contribution in [0.3, 0.4) is 0 Å². The van der Waals surface area contributed by atoms with Crippen LogP contribution in [0.4, 0.5) is 22.1 Å². The van der Waals surface area contributed by atoms with Crippen molar-refractivity contribution < 1.29 is 28.5 Å². The summed E-state index contributed by atoms with van der Waals surface area (Å²) in [5, 5.41) is 2.87. The zero-order chi connectivity index (χ0) is 25.4. The van der Waals surface area contributed by atoms with Crippen LogP contribution in [0.15, 0.2) is 24.4 Å². The van der Waals surface area contributed by atoms with Crippen molar-refractivity contribution in [2.45, 2.75) is 51.5 Å². The number of hydrogen-bond acceptors (Lipinski definition) is 9. The van der Waals surface area contributed by atoms with Crippen LogP contribution in [-0.2, 0) is 14.2 Å². The first-order valence-corrected chi connectivity index (χ1v) is 12.1. The van der Waals surface area contributed by atoms with E-state index >= 15 is 0 Å². The number of rotatable bonds is 5. The van der Waals surface area contributed by atoms with E-state index in [1.165, 1.54) is 7.11 Å². The molecular formula is C25H31N5O6. The van der Waals surface area contributed by atoms with Crippen LogP contribution in [0.2, 0.25) is 0 Å². The van der Waals surface area contributed by atoms with Crippen molar-refractivity contribution in [2.24, 2.45) is 0 Å². The first kappa shape index (κ1) is 24.3. The molecule has 11 nitrogen and oxygen atoms in total. The first-order valence-electron chi connectivity index (χ1n) is 12.1. The summed E-state index contributed by atoms with van der Waals surface area (Å²) in [5.41, 5.74) is 1.91. The van der Waals surface area contributed by atoms with Gasteiger partial charge in [0.25, 0.3) is 0 Å². The van der Waals surface area contributed by atoms with E-state index in [1.807, 2.05) is 20.8 Å². The number of esters is 1. The number of carbonyl (C=O) groups is 2. The number of carbonyl (C=O) groups excluding carboxylic acids is 2. The molecule has 2 bridgehead atoms. The lowest BCUT2D eigenvalue weighted by Gasteiger charge is -2.46. The zero-order valence-electron chi connectivity index (χ0n) is 20.9. The third kappa shape index (κ3) is 4.80. The molecule has 2 fully saturated rings. The molecule has 2 aromatic rings. The predicted octanol–water partition coefficient (Wildman–Crippen LogP) is 3.12. The summed E-state index contributed by atoms with van der Waals surface area (Å²) >= 11 is 0. The highest BCUT2D eigenvalue weighted by molar-refractivity contribution is 6.05. The number of aromatic nitrogens is 2. The Morgan fingerprint density at radius 2 is 2.14 bits per heavy atom. The number of anilines is 3. The number of nitrogens with zero attached hydrogens (tertiary/aromatic N) is 4. The van der Waals surface area contributed by atoms with Crippen LogP contribution >= 0.6 is 0 Å². The lowest BCUT2D eigenvalue weighted by molar-refractivity contribution is -0.141. The number of hydrogen-bond donors (Lipinski definition) is 1. The van der Waals surface area contributed by atoms with E-state index in [0.29, 0.717) is 37.1 Å². The molecule has 0 radical (unpaired) electrons. The maximum Gasteiger partial charge on any atom is 0.356 e. The van der Waals surface area contributed by atoms with Gasteiger partial charge in [0.2, 0.25) is 0 Å². The van der Waals surface area contributed by atoms with E-state index in [2.05, 4.69) is 20.2 Å². The third-order valence-electron chi connectivity index (χ3n) is 6.56. The molecule has 0 spiro atoms. The largest absolute Gasteiger partial charge is 0.489 e. The Labute approximate surface area is 209 Å². The van der Waals surface area contributed by atoms with Crippen LogP contribution in [0, 0.1) is 6.92 Å². The topological polar surface area (TPSA) is 115 Å². The van der Waals surface area contributed by atoms with Crippen molar-refractivity contribution in [3.63, 3.8) is 0 Å². The second-order valence-corrected chi connectivity index (χ2v) is 9.67. The number of fused-ring (bicyclic) bond motifs is 4. The van der Waals surface area contributed by atoms with Crippen LogP contribution in [0.25, 0.3) is 0 Å². The second-order valence-electron chi connectivity index (χ2n) is 9.67. The van der Waals surface area contributed by atoms with Crippen molar-refractivity contribution >= 4 is 29.3 Å². The van der Waals surface area contributed by atoms with Gasteiger partial charge in [-0.25, -0.2) is 19.6 Å². The van der Waals surface area contributed by atoms with Crippen LogP contribution in [0.1, 0.15) is 42.7 Å². The quantitative estimate of drug-likeness (QED) is 0.622. The minimum Gasteiger partial charge on any atom is -0.489 e. The van der Waals surface area contributed by atoms with E-state index in [4.69, 9.17) is 18.9 Å². The van der Waals surface area contributed by atoms with Crippen LogP contribution in [0.5, 0.6) is 5.75 Å². The van der Waals surface area contributed by atoms with Gasteiger partial charge in [-0.15, -0.1) is 0 Å². The predicted molar refractivity (Wildman–Crippen MR) is 132 cm³/mol. The molecule has 11 heteroatoms. The Hall–Kier alpha value is -3.44. The Morgan fingerprint density at radius 3 is 2.83 bits per heavy atom. The molecule has 2 aromatic heterocycles. The molecule has 0 aliphatic carbocycles. The second kappa shape index (κ2) is 9.55. The summed E-state index contributed by atoms with van der Waals surface area (Å²) in [4.78, 5) is 38.5. The Balaban J connectivity index is 1.31. The molecule has 0 unspecified atom stereocenters. The van der Waals surface area contributed by atoms with E-state index in [-0.39, 0.29) is 23.9 Å². The van der Waals surface area contributed by atoms with Crippen molar-refractivity contribution in [1.29, 1.82) is 0 Å². The summed E-state index contributed by atoms with van der Waals surface area (Å²) < 4.78 is 21.9. The molecular weight excluding hydrogens is 466 g/mol. The monoisotopic (exact) mass is 497 g/mol. The van der Waals surface area contributed by atoms with Gasteiger partial charge >= 0.3 is 12.0 Å². The van der Waals surface area contributed by atoms with Gasteiger partial charge in [0.15, 0.2) is 17.3 Å². The van der Waals surface area contributed by atoms with Crippen molar-refractivity contribution in [1.82, 2.24) is 9.97 Å². The van der Waals surface area contributed by atoms with Crippen molar-refractivity contribution in [3.05, 3.63) is 35.7 Å². The molecule has 2 atom stereocenters. The summed E-state index contributed by atoms with van der Waals surface area (Å²) in [6.45, 7) is 8.06. The maximum atomic E-state index is 13.5. The van der Waals surface area contributed by atoms with Gasteiger partial charge in [0.1, 0.15) is 24.3 Å². The Kier molecular flexibility index (Phi) is 6.44. The first-order chi connectivity index (χ1) is 17.2. The lowest BCUT2D eigenvalue weighted by atomic mass is 9.98. The maximum absolute atomic E-state index is 13.5. The van der Waals surface area contributed by atoms with Crippen molar-refractivity contribution in [3.8, 4) is 5.75 Å². The molecule has 5 rings (SSSR count). The molecule has 36 heavy (non-hydrogen) atoms. The fourth-order valence-corrected chi connectivity index (χ4v) is 4.96. The molecule has 2 amide bonds. The standard InChI is InChI=1S/C25H31N5O6/c1-15-10-19(23(31)33-4)27-22-21(15)29-9-5-6-16(12-29)30(22)24(32)28-20-8-7-17(11-26-20)34-13-18-14-35-25(2,3)36-18/h7-8,10-11,16,18H,5-6,9,12-14H2,1-4H3,(H,26,28,32)/t16-,18+/m0/s1. The third-order valence-corrected chi connectivity index (χ3v) is 6.56. The highest BCUT2D eigenvalue weighted by atomic mass is 16.7. The van der Waals surface area contributed by atoms with Gasteiger partial charge in [-0.2, -0.15) is 0 Å². The van der Waals surface area contributed by atoms with Gasteiger partial charge in [0.05, 0.1) is 31.6 Å². The summed E-state index contributed by atoms with van der Waals surface area (Å²) in [5.74, 6) is 0.267. The average Bonchev–Trinajstić information content (AvgIpc) is 3.21. The highest BCUT2D eigenvalue weighted by Gasteiger charge is 2.40. The zero-order valence-corrected chi connectivity index (χ0v) is 20.9. The SMILES string of the molecule is COC(=O)c1cc(C)c2c(n1)N(C(=O)Nc1ccc(OC[C@@H]3COC(C)(C)O3)cn1)[C@H]1CCCN2C1. The molecule has 1 N–H and O–H groups in total. The number of amides is 2. The van der Waals surface area contributed by atoms with Gasteiger partial charge in [-0.3, -0.25) is 10.2 Å². The van der Waals surface area contributed by atoms with Crippen LogP contribution in [-0.4, -0.2) is 73.3 Å². The number of urea groups is 1. The molecule has 3 aliphatic rings. The minimum atomic E-state index is -0.603. The lowest BCUT2D eigenvalue weighted by Crippen LogP contribution is -2.56. The van der Waals surface area contributed by atoms with Crippen LogP contribution < -0.4 is 19.9 Å². The molecule has 3 aliphatic heterocycles. The van der Waals surface area contributed by atoms with Crippen molar-refractivity contribution in [2.75, 3.05) is 48.5 Å². The number of methoxy groups -OCH3 is 1. The van der Waals surface area contributed by atoms with E-state index in [1.54, 1.807) is 29.3 Å². The van der Waals surface area contributed by atoms with E-state index in [0.717, 1.165) is 30.6 Å². The fourth-order valence-electron chi connectivity index (χ4n) is 4.96. The normalized spacial score (nSPS) is 22.1. The van der Waals surface area contributed by atoms with Gasteiger partial charge in [-0.05, 0) is 57.4 Å². The summed E-state index contributed by atoms with van der Waals surface area (Å²) in [7, 11) is 1.32. The molecule has 0 aromatic carbocycles. The number of aryl methyl sites for hydroxylation is 1. The fraction of sp³-hybridized carbons (Fsp3) is 0.520. The number of pyridine rings is 2. The molecule has 0 saturated carbocycles. The Bertz CT molecular complexity index is 1150. The minimum absolute atomic E-state index is 0.0634.